The van der Waals surface area contributed by atoms with Crippen LogP contribution in [0.15, 0.2) is 22.7 Å². The fourth-order valence-electron chi connectivity index (χ4n) is 3.69. The van der Waals surface area contributed by atoms with Crippen LogP contribution in [0.5, 0.6) is 5.75 Å². The lowest BCUT2D eigenvalue weighted by Gasteiger charge is -2.34. The molecule has 1 aliphatic heterocycles. The van der Waals surface area contributed by atoms with Crippen LogP contribution in [0, 0.1) is 0 Å². The summed E-state index contributed by atoms with van der Waals surface area (Å²) in [6.07, 6.45) is 4.53. The summed E-state index contributed by atoms with van der Waals surface area (Å²) >= 11 is 9.45. The molecule has 1 saturated carbocycles. The van der Waals surface area contributed by atoms with Crippen LogP contribution < -0.4 is 4.74 Å². The van der Waals surface area contributed by atoms with Gasteiger partial charge in [-0.3, -0.25) is 4.79 Å². The Kier molecular flexibility index (Phi) is 5.96. The highest BCUT2D eigenvalue weighted by Gasteiger charge is 2.39. The van der Waals surface area contributed by atoms with Crippen molar-refractivity contribution in [3.63, 3.8) is 0 Å². The number of benzene rings is 1. The summed E-state index contributed by atoms with van der Waals surface area (Å²) in [6, 6.07) is 5.10. The molecule has 138 valence electrons. The van der Waals surface area contributed by atoms with Crippen LogP contribution in [-0.2, 0) is 14.6 Å². The van der Waals surface area contributed by atoms with Crippen LogP contribution >= 0.6 is 27.5 Å². The zero-order valence-electron chi connectivity index (χ0n) is 13.8. The smallest absolute Gasteiger partial charge is 0.261 e. The molecule has 1 amide bonds. The lowest BCUT2D eigenvalue weighted by molar-refractivity contribution is -0.137. The molecule has 1 atom stereocenters. The Hall–Kier alpha value is -0.790. The summed E-state index contributed by atoms with van der Waals surface area (Å²) in [4.78, 5) is 14.6. The maximum absolute atomic E-state index is 12.8. The number of ether oxygens (including phenoxy) is 1. The Labute approximate surface area is 161 Å². The van der Waals surface area contributed by atoms with Crippen LogP contribution in [0.25, 0.3) is 0 Å². The van der Waals surface area contributed by atoms with Crippen molar-refractivity contribution in [2.24, 2.45) is 0 Å². The second-order valence-corrected chi connectivity index (χ2v) is 10.2. The van der Waals surface area contributed by atoms with Crippen LogP contribution in [-0.4, -0.2) is 49.4 Å². The summed E-state index contributed by atoms with van der Waals surface area (Å²) < 4.78 is 30.1. The lowest BCUT2D eigenvalue weighted by atomic mass is 10.1. The molecule has 0 spiro atoms. The highest BCUT2D eigenvalue weighted by atomic mass is 79.9. The first-order valence-corrected chi connectivity index (χ1v) is 11.4. The number of sulfone groups is 1. The highest BCUT2D eigenvalue weighted by molar-refractivity contribution is 9.10. The Balaban J connectivity index is 1.70. The normalized spacial score (nSPS) is 22.9. The predicted octanol–water partition coefficient (Wildman–Crippen LogP) is 3.44. The van der Waals surface area contributed by atoms with Crippen molar-refractivity contribution in [1.29, 1.82) is 0 Å². The van der Waals surface area contributed by atoms with Gasteiger partial charge in [0.2, 0.25) is 0 Å². The third-order valence-corrected chi connectivity index (χ3v) is 7.39. The van der Waals surface area contributed by atoms with Crippen molar-refractivity contribution in [1.82, 2.24) is 4.90 Å². The fourth-order valence-corrected chi connectivity index (χ4v) is 6.13. The van der Waals surface area contributed by atoms with E-state index in [-0.39, 0.29) is 36.1 Å². The zero-order chi connectivity index (χ0) is 18.0. The number of hydrogen-bond acceptors (Lipinski definition) is 4. The molecule has 0 N–H and O–H groups in total. The maximum atomic E-state index is 12.8. The summed E-state index contributed by atoms with van der Waals surface area (Å²) in [5.41, 5.74) is 0. The van der Waals surface area contributed by atoms with Crippen molar-refractivity contribution in [2.45, 2.75) is 44.2 Å². The molecule has 5 nitrogen and oxygen atoms in total. The molecule has 25 heavy (non-hydrogen) atoms. The molecule has 1 aromatic carbocycles. The standard InChI is InChI=1S/C17H21BrClNO4S/c18-12-5-6-16(15(19)9-12)24-10-17(21)20(13-3-1-2-4-13)14-7-8-25(22,23)11-14/h5-6,9,13-14H,1-4,7-8,10-11H2. The van der Waals surface area contributed by atoms with Gasteiger partial charge in [-0.15, -0.1) is 0 Å². The molecular weight excluding hydrogens is 430 g/mol. The van der Waals surface area contributed by atoms with E-state index in [0.29, 0.717) is 17.2 Å². The molecule has 2 fully saturated rings. The number of carbonyl (C=O) groups excluding carboxylic acids is 1. The summed E-state index contributed by atoms with van der Waals surface area (Å²) in [5.74, 6) is 0.513. The largest absolute Gasteiger partial charge is 0.482 e. The molecular formula is C17H21BrClNO4S. The SMILES string of the molecule is O=C(COc1ccc(Br)cc1Cl)N(C1CCCC1)C1CCS(=O)(=O)C1. The molecule has 0 aromatic heterocycles. The molecule has 3 rings (SSSR count). The average molecular weight is 451 g/mol. The molecule has 1 heterocycles. The minimum absolute atomic E-state index is 0.0638. The van der Waals surface area contributed by atoms with Crippen LogP contribution in [0.4, 0.5) is 0 Å². The van der Waals surface area contributed by atoms with Gasteiger partial charge in [-0.05, 0) is 37.5 Å². The van der Waals surface area contributed by atoms with Gasteiger partial charge < -0.3 is 9.64 Å². The Morgan fingerprint density at radius 2 is 1.96 bits per heavy atom. The third-order valence-electron chi connectivity index (χ3n) is 4.85. The monoisotopic (exact) mass is 449 g/mol. The van der Waals surface area contributed by atoms with E-state index in [4.69, 9.17) is 16.3 Å². The third kappa shape index (κ3) is 4.68. The second-order valence-electron chi connectivity index (χ2n) is 6.66. The lowest BCUT2D eigenvalue weighted by Crippen LogP contribution is -2.48. The van der Waals surface area contributed by atoms with Crippen molar-refractivity contribution in [2.75, 3.05) is 18.1 Å². The molecule has 1 aromatic rings. The molecule has 8 heteroatoms. The number of halogens is 2. The molecule has 2 aliphatic rings. The van der Waals surface area contributed by atoms with Gasteiger partial charge in [-0.1, -0.05) is 40.4 Å². The summed E-state index contributed by atoms with van der Waals surface area (Å²) in [7, 11) is -3.04. The number of amides is 1. The van der Waals surface area contributed by atoms with Gasteiger partial charge in [0.15, 0.2) is 16.4 Å². The minimum Gasteiger partial charge on any atom is -0.482 e. The van der Waals surface area contributed by atoms with Gasteiger partial charge in [-0.25, -0.2) is 8.42 Å². The van der Waals surface area contributed by atoms with E-state index in [1.807, 2.05) is 0 Å². The summed E-state index contributed by atoms with van der Waals surface area (Å²) in [6.45, 7) is -0.131. The van der Waals surface area contributed by atoms with E-state index in [1.165, 1.54) is 0 Å². The van der Waals surface area contributed by atoms with Gasteiger partial charge in [0.25, 0.3) is 5.91 Å². The summed E-state index contributed by atoms with van der Waals surface area (Å²) in [5, 5.41) is 0.429. The maximum Gasteiger partial charge on any atom is 0.261 e. The van der Waals surface area contributed by atoms with Crippen molar-refractivity contribution in [3.05, 3.63) is 27.7 Å². The molecule has 1 unspecified atom stereocenters. The van der Waals surface area contributed by atoms with Gasteiger partial charge in [0, 0.05) is 16.6 Å². The van der Waals surface area contributed by atoms with Crippen LogP contribution in [0.3, 0.4) is 0 Å². The van der Waals surface area contributed by atoms with Crippen molar-refractivity contribution < 1.29 is 17.9 Å². The number of hydrogen-bond donors (Lipinski definition) is 0. The minimum atomic E-state index is -3.04. The molecule has 1 saturated heterocycles. The first-order chi connectivity index (χ1) is 11.9. The van der Waals surface area contributed by atoms with Crippen LogP contribution in [0.2, 0.25) is 5.02 Å². The van der Waals surface area contributed by atoms with Crippen molar-refractivity contribution >= 4 is 43.3 Å². The van der Waals surface area contributed by atoms with Crippen LogP contribution in [0.1, 0.15) is 32.1 Å². The number of carbonyl (C=O) groups is 1. The Morgan fingerprint density at radius 3 is 2.56 bits per heavy atom. The Morgan fingerprint density at radius 1 is 1.24 bits per heavy atom. The molecule has 1 aliphatic carbocycles. The van der Waals surface area contributed by atoms with Gasteiger partial charge in [-0.2, -0.15) is 0 Å². The number of rotatable bonds is 5. The van der Waals surface area contributed by atoms with E-state index < -0.39 is 9.84 Å². The average Bonchev–Trinajstić information content (AvgIpc) is 3.17. The number of nitrogens with zero attached hydrogens (tertiary/aromatic N) is 1. The van der Waals surface area contributed by atoms with E-state index in [1.54, 1.807) is 23.1 Å². The van der Waals surface area contributed by atoms with E-state index in [0.717, 1.165) is 30.2 Å². The fraction of sp³-hybridized carbons (Fsp3) is 0.588. The topological polar surface area (TPSA) is 63.7 Å². The van der Waals surface area contributed by atoms with E-state index in [9.17, 15) is 13.2 Å². The van der Waals surface area contributed by atoms with Crippen molar-refractivity contribution in [3.8, 4) is 5.75 Å². The van der Waals surface area contributed by atoms with E-state index in [2.05, 4.69) is 15.9 Å². The zero-order valence-corrected chi connectivity index (χ0v) is 16.9. The predicted molar refractivity (Wildman–Crippen MR) is 101 cm³/mol. The van der Waals surface area contributed by atoms with Gasteiger partial charge >= 0.3 is 0 Å². The quantitative estimate of drug-likeness (QED) is 0.689. The first kappa shape index (κ1) is 19.0. The molecule has 0 bridgehead atoms. The van der Waals surface area contributed by atoms with Gasteiger partial charge in [0.05, 0.1) is 16.5 Å². The van der Waals surface area contributed by atoms with E-state index >= 15 is 0 Å². The first-order valence-electron chi connectivity index (χ1n) is 8.45. The Bertz CT molecular complexity index is 749. The van der Waals surface area contributed by atoms with Gasteiger partial charge in [0.1, 0.15) is 5.75 Å². The second kappa shape index (κ2) is 7.84. The molecule has 0 radical (unpaired) electrons. The highest BCUT2D eigenvalue weighted by Crippen LogP contribution is 2.30.